The van der Waals surface area contributed by atoms with Gasteiger partial charge >= 0.3 is 0 Å². The molecule has 1 amide bonds. The Morgan fingerprint density at radius 1 is 1.05 bits per heavy atom. The van der Waals surface area contributed by atoms with Crippen LogP contribution in [0.4, 0.5) is 0 Å². The van der Waals surface area contributed by atoms with Crippen LogP contribution >= 0.6 is 0 Å². The normalized spacial score (nSPS) is 10.4. The van der Waals surface area contributed by atoms with Gasteiger partial charge in [0.25, 0.3) is 5.91 Å². The number of hydrogen-bond acceptors (Lipinski definition) is 2. The Kier molecular flexibility index (Phi) is 4.41. The first-order valence-electron chi connectivity index (χ1n) is 6.66. The third kappa shape index (κ3) is 3.18. The van der Waals surface area contributed by atoms with Gasteiger partial charge in [0.15, 0.2) is 0 Å². The van der Waals surface area contributed by atoms with Crippen molar-refractivity contribution >= 4 is 5.91 Å². The van der Waals surface area contributed by atoms with E-state index in [2.05, 4.69) is 5.32 Å². The molecular weight excluding hydrogens is 250 g/mol. The highest BCUT2D eigenvalue weighted by molar-refractivity contribution is 5.98. The molecule has 2 aromatic carbocycles. The maximum absolute atomic E-state index is 12.2. The summed E-state index contributed by atoms with van der Waals surface area (Å²) in [5.41, 5.74) is 2.64. The molecule has 0 radical (unpaired) electrons. The Labute approximate surface area is 119 Å². The van der Waals surface area contributed by atoms with Gasteiger partial charge in [-0.05, 0) is 37.1 Å². The summed E-state index contributed by atoms with van der Waals surface area (Å²) in [6.45, 7) is 3.87. The van der Waals surface area contributed by atoms with Crippen molar-refractivity contribution in [1.82, 2.24) is 5.32 Å². The molecule has 0 aliphatic heterocycles. The summed E-state index contributed by atoms with van der Waals surface area (Å²) in [7, 11) is 1.57. The van der Waals surface area contributed by atoms with E-state index in [4.69, 9.17) is 4.74 Å². The number of ether oxygens (including phenoxy) is 1. The summed E-state index contributed by atoms with van der Waals surface area (Å²) in [6.07, 6.45) is 0. The molecule has 0 saturated heterocycles. The summed E-state index contributed by atoms with van der Waals surface area (Å²) in [5, 5.41) is 2.89. The van der Waals surface area contributed by atoms with Crippen molar-refractivity contribution in [1.29, 1.82) is 0 Å². The van der Waals surface area contributed by atoms with Gasteiger partial charge in [0, 0.05) is 6.04 Å². The number of nitrogens with one attached hydrogen (secondary N) is 1. The molecule has 0 bridgehead atoms. The summed E-state index contributed by atoms with van der Waals surface area (Å²) in [6, 6.07) is 15.7. The minimum Gasteiger partial charge on any atom is -0.496 e. The van der Waals surface area contributed by atoms with Gasteiger partial charge in [0.2, 0.25) is 0 Å². The van der Waals surface area contributed by atoms with Crippen molar-refractivity contribution < 1.29 is 9.53 Å². The number of carbonyl (C=O) groups is 1. The Morgan fingerprint density at radius 2 is 1.75 bits per heavy atom. The number of hydrogen-bond donors (Lipinski definition) is 1. The zero-order valence-corrected chi connectivity index (χ0v) is 12.0. The van der Waals surface area contributed by atoms with Crippen molar-refractivity contribution in [2.24, 2.45) is 0 Å². The fourth-order valence-corrected chi connectivity index (χ4v) is 2.04. The molecule has 0 heterocycles. The van der Waals surface area contributed by atoms with E-state index in [1.807, 2.05) is 62.4 Å². The first-order chi connectivity index (χ1) is 9.61. The second-order valence-electron chi connectivity index (χ2n) is 4.91. The van der Waals surface area contributed by atoms with E-state index in [-0.39, 0.29) is 11.9 Å². The van der Waals surface area contributed by atoms with Crippen LogP contribution in [-0.4, -0.2) is 19.1 Å². The van der Waals surface area contributed by atoms with E-state index in [0.717, 1.165) is 11.1 Å². The first kappa shape index (κ1) is 14.1. The van der Waals surface area contributed by atoms with Crippen molar-refractivity contribution in [2.75, 3.05) is 7.11 Å². The molecule has 0 atom stereocenters. The Morgan fingerprint density at radius 3 is 2.35 bits per heavy atom. The Bertz CT molecular complexity index is 591. The topological polar surface area (TPSA) is 38.3 Å². The molecule has 0 spiro atoms. The molecule has 0 aromatic heterocycles. The SMILES string of the molecule is COc1ccc(-c2ccccc2)cc1C(=O)NC(C)C. The molecule has 3 heteroatoms. The predicted molar refractivity (Wildman–Crippen MR) is 81.0 cm³/mol. The number of benzene rings is 2. The molecule has 3 nitrogen and oxygen atoms in total. The monoisotopic (exact) mass is 269 g/mol. The molecule has 2 rings (SSSR count). The van der Waals surface area contributed by atoms with Crippen LogP contribution in [0.15, 0.2) is 48.5 Å². The number of rotatable bonds is 4. The van der Waals surface area contributed by atoms with E-state index < -0.39 is 0 Å². The Hall–Kier alpha value is -2.29. The minimum absolute atomic E-state index is 0.0904. The molecule has 0 saturated carbocycles. The maximum Gasteiger partial charge on any atom is 0.255 e. The van der Waals surface area contributed by atoms with Gasteiger partial charge in [-0.25, -0.2) is 0 Å². The van der Waals surface area contributed by atoms with Gasteiger partial charge in [0.05, 0.1) is 12.7 Å². The minimum atomic E-state index is -0.116. The molecule has 1 N–H and O–H groups in total. The van der Waals surface area contributed by atoms with E-state index >= 15 is 0 Å². The molecule has 2 aromatic rings. The van der Waals surface area contributed by atoms with Crippen molar-refractivity contribution in [2.45, 2.75) is 19.9 Å². The standard InChI is InChI=1S/C17H19NO2/c1-12(2)18-17(19)15-11-14(9-10-16(15)20-3)13-7-5-4-6-8-13/h4-12H,1-3H3,(H,18,19). The fourth-order valence-electron chi connectivity index (χ4n) is 2.04. The summed E-state index contributed by atoms with van der Waals surface area (Å²) >= 11 is 0. The van der Waals surface area contributed by atoms with Gasteiger partial charge < -0.3 is 10.1 Å². The molecule has 0 unspecified atom stereocenters. The van der Waals surface area contributed by atoms with Gasteiger partial charge in [-0.3, -0.25) is 4.79 Å². The number of carbonyl (C=O) groups excluding carboxylic acids is 1. The van der Waals surface area contributed by atoms with Crippen LogP contribution in [0.1, 0.15) is 24.2 Å². The largest absolute Gasteiger partial charge is 0.496 e. The van der Waals surface area contributed by atoms with Gasteiger partial charge in [-0.15, -0.1) is 0 Å². The Balaban J connectivity index is 2.41. The fraction of sp³-hybridized carbons (Fsp3) is 0.235. The smallest absolute Gasteiger partial charge is 0.255 e. The van der Waals surface area contributed by atoms with Crippen LogP contribution in [0, 0.1) is 0 Å². The lowest BCUT2D eigenvalue weighted by Gasteiger charge is -2.13. The van der Waals surface area contributed by atoms with E-state index in [1.165, 1.54) is 0 Å². The molecule has 104 valence electrons. The van der Waals surface area contributed by atoms with Gasteiger partial charge in [0.1, 0.15) is 5.75 Å². The molecule has 20 heavy (non-hydrogen) atoms. The summed E-state index contributed by atoms with van der Waals surface area (Å²) < 4.78 is 5.28. The quantitative estimate of drug-likeness (QED) is 0.922. The van der Waals surface area contributed by atoms with Crippen LogP contribution in [0.25, 0.3) is 11.1 Å². The zero-order chi connectivity index (χ0) is 14.5. The van der Waals surface area contributed by atoms with Crippen LogP contribution < -0.4 is 10.1 Å². The highest BCUT2D eigenvalue weighted by atomic mass is 16.5. The number of methoxy groups -OCH3 is 1. The molecule has 0 aliphatic carbocycles. The van der Waals surface area contributed by atoms with Crippen LogP contribution in [0.3, 0.4) is 0 Å². The van der Waals surface area contributed by atoms with E-state index in [1.54, 1.807) is 7.11 Å². The maximum atomic E-state index is 12.2. The second kappa shape index (κ2) is 6.24. The van der Waals surface area contributed by atoms with Crippen molar-refractivity contribution in [3.63, 3.8) is 0 Å². The van der Waals surface area contributed by atoms with Crippen molar-refractivity contribution in [3.05, 3.63) is 54.1 Å². The molecular formula is C17H19NO2. The lowest BCUT2D eigenvalue weighted by molar-refractivity contribution is 0.0940. The van der Waals surface area contributed by atoms with Crippen LogP contribution in [0.2, 0.25) is 0 Å². The van der Waals surface area contributed by atoms with Crippen LogP contribution in [-0.2, 0) is 0 Å². The third-order valence-corrected chi connectivity index (χ3v) is 2.97. The predicted octanol–water partition coefficient (Wildman–Crippen LogP) is 3.50. The van der Waals surface area contributed by atoms with Gasteiger partial charge in [-0.1, -0.05) is 36.4 Å². The second-order valence-corrected chi connectivity index (χ2v) is 4.91. The third-order valence-electron chi connectivity index (χ3n) is 2.97. The first-order valence-corrected chi connectivity index (χ1v) is 6.66. The average Bonchev–Trinajstić information content (AvgIpc) is 2.46. The zero-order valence-electron chi connectivity index (χ0n) is 12.0. The lowest BCUT2D eigenvalue weighted by Crippen LogP contribution is -2.30. The summed E-state index contributed by atoms with van der Waals surface area (Å²) in [4.78, 5) is 12.2. The van der Waals surface area contributed by atoms with E-state index in [0.29, 0.717) is 11.3 Å². The molecule has 0 aliphatic rings. The summed E-state index contributed by atoms with van der Waals surface area (Å²) in [5.74, 6) is 0.470. The molecule has 0 fully saturated rings. The highest BCUT2D eigenvalue weighted by Crippen LogP contribution is 2.26. The van der Waals surface area contributed by atoms with E-state index in [9.17, 15) is 4.79 Å². The lowest BCUT2D eigenvalue weighted by atomic mass is 10.0. The van der Waals surface area contributed by atoms with Crippen LogP contribution in [0.5, 0.6) is 5.75 Å². The van der Waals surface area contributed by atoms with Gasteiger partial charge in [-0.2, -0.15) is 0 Å². The average molecular weight is 269 g/mol. The number of amides is 1. The van der Waals surface area contributed by atoms with Crippen molar-refractivity contribution in [3.8, 4) is 16.9 Å². The highest BCUT2D eigenvalue weighted by Gasteiger charge is 2.14.